The molecule has 2 heterocycles. The summed E-state index contributed by atoms with van der Waals surface area (Å²) in [4.78, 5) is 11.8. The SMILES string of the molecule is Cc1nc(Nc2ccc(Cl)cc2)nc(N2CCc3c(Cl)cccc3C2C)c1C.Cl. The molecular formula is C22H23Cl3N4. The van der Waals surface area contributed by atoms with Crippen molar-refractivity contribution in [1.29, 1.82) is 0 Å². The van der Waals surface area contributed by atoms with Crippen LogP contribution in [0, 0.1) is 13.8 Å². The van der Waals surface area contributed by atoms with Gasteiger partial charge in [0.2, 0.25) is 5.95 Å². The Balaban J connectivity index is 0.00000240. The normalized spacial score (nSPS) is 15.5. The van der Waals surface area contributed by atoms with E-state index >= 15 is 0 Å². The molecule has 1 aromatic heterocycles. The molecule has 1 aliphatic heterocycles. The molecule has 0 saturated heterocycles. The Morgan fingerprint density at radius 2 is 1.76 bits per heavy atom. The lowest BCUT2D eigenvalue weighted by Gasteiger charge is -2.37. The van der Waals surface area contributed by atoms with Crippen LogP contribution in [0.25, 0.3) is 0 Å². The molecule has 1 N–H and O–H groups in total. The average Bonchev–Trinajstić information content (AvgIpc) is 2.68. The number of benzene rings is 2. The van der Waals surface area contributed by atoms with E-state index in [1.54, 1.807) is 0 Å². The van der Waals surface area contributed by atoms with Gasteiger partial charge in [0, 0.05) is 33.5 Å². The van der Waals surface area contributed by atoms with Crippen LogP contribution in [0.5, 0.6) is 0 Å². The Kier molecular flexibility index (Phi) is 6.57. The molecule has 1 unspecified atom stereocenters. The van der Waals surface area contributed by atoms with Gasteiger partial charge < -0.3 is 10.2 Å². The van der Waals surface area contributed by atoms with Crippen molar-refractivity contribution in [2.45, 2.75) is 33.2 Å². The standard InChI is InChI=1S/C22H22Cl2N4.ClH/c1-13-14(2)25-22(26-17-9-7-16(23)8-10-17)27-21(13)28-12-11-19-18(15(28)3)5-4-6-20(19)24;/h4-10,15H,11-12H2,1-3H3,(H,25,26,27);1H. The summed E-state index contributed by atoms with van der Waals surface area (Å²) < 4.78 is 0. The highest BCUT2D eigenvalue weighted by molar-refractivity contribution is 6.31. The number of anilines is 3. The van der Waals surface area contributed by atoms with Crippen LogP contribution in [0.2, 0.25) is 10.0 Å². The molecule has 3 aromatic rings. The highest BCUT2D eigenvalue weighted by atomic mass is 35.5. The summed E-state index contributed by atoms with van der Waals surface area (Å²) in [5.41, 5.74) is 5.48. The summed E-state index contributed by atoms with van der Waals surface area (Å²) in [5.74, 6) is 1.55. The monoisotopic (exact) mass is 448 g/mol. The van der Waals surface area contributed by atoms with Crippen molar-refractivity contribution in [1.82, 2.24) is 9.97 Å². The lowest BCUT2D eigenvalue weighted by atomic mass is 9.93. The van der Waals surface area contributed by atoms with Crippen LogP contribution in [0.4, 0.5) is 17.5 Å². The van der Waals surface area contributed by atoms with E-state index in [-0.39, 0.29) is 18.4 Å². The third-order valence-corrected chi connectivity index (χ3v) is 6.02. The molecule has 0 saturated carbocycles. The molecule has 1 atom stereocenters. The summed E-state index contributed by atoms with van der Waals surface area (Å²) in [7, 11) is 0. The number of hydrogen-bond donors (Lipinski definition) is 1. The van der Waals surface area contributed by atoms with Crippen LogP contribution in [-0.4, -0.2) is 16.5 Å². The van der Waals surface area contributed by atoms with Crippen LogP contribution in [0.15, 0.2) is 42.5 Å². The molecule has 4 nitrogen and oxygen atoms in total. The summed E-state index contributed by atoms with van der Waals surface area (Å²) in [6.45, 7) is 7.18. The Bertz CT molecular complexity index is 1020. The van der Waals surface area contributed by atoms with Gasteiger partial charge in [0.05, 0.1) is 6.04 Å². The Labute approximate surface area is 187 Å². The van der Waals surface area contributed by atoms with Crippen molar-refractivity contribution in [2.24, 2.45) is 0 Å². The van der Waals surface area contributed by atoms with Crippen molar-refractivity contribution in [3.8, 4) is 0 Å². The minimum Gasteiger partial charge on any atom is -0.349 e. The zero-order valence-corrected chi connectivity index (χ0v) is 18.9. The lowest BCUT2D eigenvalue weighted by molar-refractivity contribution is 0.614. The molecule has 2 aromatic carbocycles. The summed E-state index contributed by atoms with van der Waals surface area (Å²) >= 11 is 12.4. The van der Waals surface area contributed by atoms with Gasteiger partial charge in [-0.1, -0.05) is 35.3 Å². The summed E-state index contributed by atoms with van der Waals surface area (Å²) in [6, 6.07) is 13.9. The summed E-state index contributed by atoms with van der Waals surface area (Å²) in [6.07, 6.45) is 0.905. The fourth-order valence-corrected chi connectivity index (χ4v) is 4.13. The quantitative estimate of drug-likeness (QED) is 0.483. The van der Waals surface area contributed by atoms with E-state index in [1.807, 2.05) is 43.3 Å². The minimum absolute atomic E-state index is 0. The van der Waals surface area contributed by atoms with Crippen LogP contribution in [0.3, 0.4) is 0 Å². The molecule has 0 bridgehead atoms. The number of halogens is 3. The molecular weight excluding hydrogens is 427 g/mol. The molecule has 7 heteroatoms. The van der Waals surface area contributed by atoms with E-state index in [2.05, 4.69) is 35.1 Å². The fourth-order valence-electron chi connectivity index (χ4n) is 3.73. The maximum absolute atomic E-state index is 6.42. The highest BCUT2D eigenvalue weighted by Crippen LogP contribution is 2.37. The Hall–Kier alpha value is -2.01. The first-order chi connectivity index (χ1) is 13.4. The average molecular weight is 450 g/mol. The zero-order valence-electron chi connectivity index (χ0n) is 16.5. The minimum atomic E-state index is 0. The largest absolute Gasteiger partial charge is 0.349 e. The topological polar surface area (TPSA) is 41.1 Å². The number of fused-ring (bicyclic) bond motifs is 1. The van der Waals surface area contributed by atoms with E-state index in [0.717, 1.165) is 40.8 Å². The molecule has 4 rings (SSSR count). The van der Waals surface area contributed by atoms with E-state index in [4.69, 9.17) is 28.2 Å². The van der Waals surface area contributed by atoms with Gasteiger partial charge in [-0.2, -0.15) is 4.98 Å². The third kappa shape index (κ3) is 4.30. The van der Waals surface area contributed by atoms with Crippen molar-refractivity contribution in [3.05, 3.63) is 74.9 Å². The van der Waals surface area contributed by atoms with Crippen molar-refractivity contribution in [2.75, 3.05) is 16.8 Å². The number of nitrogens with zero attached hydrogens (tertiary/aromatic N) is 3. The van der Waals surface area contributed by atoms with E-state index in [0.29, 0.717) is 11.0 Å². The molecule has 0 aliphatic carbocycles. The molecule has 152 valence electrons. The predicted octanol–water partition coefficient (Wildman–Crippen LogP) is 6.69. The van der Waals surface area contributed by atoms with Gasteiger partial charge in [0.1, 0.15) is 5.82 Å². The maximum atomic E-state index is 6.42. The Morgan fingerprint density at radius 3 is 2.48 bits per heavy atom. The van der Waals surface area contributed by atoms with Gasteiger partial charge >= 0.3 is 0 Å². The van der Waals surface area contributed by atoms with Gasteiger partial charge in [-0.05, 0) is 68.7 Å². The second-order valence-electron chi connectivity index (χ2n) is 7.14. The fraction of sp³-hybridized carbons (Fsp3) is 0.273. The second kappa shape index (κ2) is 8.78. The van der Waals surface area contributed by atoms with Crippen molar-refractivity contribution < 1.29 is 0 Å². The molecule has 0 fully saturated rings. The van der Waals surface area contributed by atoms with Crippen molar-refractivity contribution >= 4 is 53.1 Å². The van der Waals surface area contributed by atoms with Crippen LogP contribution in [0.1, 0.15) is 35.3 Å². The molecule has 1 aliphatic rings. The van der Waals surface area contributed by atoms with E-state index < -0.39 is 0 Å². The Morgan fingerprint density at radius 1 is 1.03 bits per heavy atom. The first-order valence-electron chi connectivity index (χ1n) is 9.36. The number of aromatic nitrogens is 2. The predicted molar refractivity (Wildman–Crippen MR) is 124 cm³/mol. The lowest BCUT2D eigenvalue weighted by Crippen LogP contribution is -2.35. The van der Waals surface area contributed by atoms with Gasteiger partial charge in [-0.15, -0.1) is 12.4 Å². The molecule has 0 radical (unpaired) electrons. The highest BCUT2D eigenvalue weighted by Gasteiger charge is 2.28. The van der Waals surface area contributed by atoms with E-state index in [1.165, 1.54) is 11.1 Å². The summed E-state index contributed by atoms with van der Waals surface area (Å²) in [5, 5.41) is 4.85. The molecule has 0 amide bonds. The van der Waals surface area contributed by atoms with Gasteiger partial charge in [-0.25, -0.2) is 4.98 Å². The number of aryl methyl sites for hydroxylation is 1. The number of hydrogen-bond acceptors (Lipinski definition) is 4. The van der Waals surface area contributed by atoms with Crippen LogP contribution in [-0.2, 0) is 6.42 Å². The number of rotatable bonds is 3. The van der Waals surface area contributed by atoms with Crippen molar-refractivity contribution in [3.63, 3.8) is 0 Å². The second-order valence-corrected chi connectivity index (χ2v) is 7.98. The maximum Gasteiger partial charge on any atom is 0.229 e. The van der Waals surface area contributed by atoms with E-state index in [9.17, 15) is 0 Å². The zero-order chi connectivity index (χ0) is 19.8. The first kappa shape index (κ1) is 21.7. The molecule has 0 spiro atoms. The van der Waals surface area contributed by atoms with Gasteiger partial charge in [-0.3, -0.25) is 0 Å². The smallest absolute Gasteiger partial charge is 0.229 e. The van der Waals surface area contributed by atoms with Crippen LogP contribution >= 0.6 is 35.6 Å². The van der Waals surface area contributed by atoms with Gasteiger partial charge in [0.15, 0.2) is 0 Å². The van der Waals surface area contributed by atoms with Gasteiger partial charge in [0.25, 0.3) is 0 Å². The third-order valence-electron chi connectivity index (χ3n) is 5.41. The first-order valence-corrected chi connectivity index (χ1v) is 10.1. The van der Waals surface area contributed by atoms with Crippen LogP contribution < -0.4 is 10.2 Å². The molecule has 29 heavy (non-hydrogen) atoms. The number of nitrogens with one attached hydrogen (secondary N) is 1.